The lowest BCUT2D eigenvalue weighted by Crippen LogP contribution is -2.33. The van der Waals surface area contributed by atoms with E-state index in [-0.39, 0.29) is 18.5 Å². The van der Waals surface area contributed by atoms with Crippen LogP contribution in [0.25, 0.3) is 11.0 Å². The average molecular weight is 363 g/mol. The summed E-state index contributed by atoms with van der Waals surface area (Å²) in [7, 11) is 0. The zero-order valence-corrected chi connectivity index (χ0v) is 15.0. The second kappa shape index (κ2) is 6.61. The number of carbonyl (C=O) groups is 1. The minimum absolute atomic E-state index is 0.00843. The molecule has 1 aromatic heterocycles. The summed E-state index contributed by atoms with van der Waals surface area (Å²) in [5.74, 6) is 1.41. The number of benzene rings is 2. The fourth-order valence-corrected chi connectivity index (χ4v) is 4.02. The quantitative estimate of drug-likeness (QED) is 0.777. The molecule has 0 unspecified atom stereocenters. The first kappa shape index (κ1) is 16.2. The fourth-order valence-electron chi connectivity index (χ4n) is 4.02. The average Bonchev–Trinajstić information content (AvgIpc) is 3.08. The van der Waals surface area contributed by atoms with Gasteiger partial charge >= 0.3 is 0 Å². The fraction of sp³-hybridized carbons (Fsp3) is 0.333. The summed E-state index contributed by atoms with van der Waals surface area (Å²) >= 11 is 0. The number of fused-ring (bicyclic) bond motifs is 3. The van der Waals surface area contributed by atoms with Crippen molar-refractivity contribution in [1.29, 1.82) is 0 Å². The minimum atomic E-state index is -0.00843. The van der Waals surface area contributed by atoms with Gasteiger partial charge in [-0.3, -0.25) is 4.79 Å². The molecule has 0 radical (unpaired) electrons. The van der Waals surface area contributed by atoms with Gasteiger partial charge in [-0.25, -0.2) is 4.98 Å². The van der Waals surface area contributed by atoms with Crippen molar-refractivity contribution in [2.75, 3.05) is 13.2 Å². The molecule has 0 spiro atoms. The Balaban J connectivity index is 1.36. The van der Waals surface area contributed by atoms with Gasteiger partial charge in [-0.2, -0.15) is 0 Å². The topological polar surface area (TPSA) is 65.4 Å². The van der Waals surface area contributed by atoms with E-state index in [0.29, 0.717) is 24.7 Å². The van der Waals surface area contributed by atoms with Crippen LogP contribution in [0, 0.1) is 0 Å². The molecule has 0 fully saturated rings. The van der Waals surface area contributed by atoms with Crippen LogP contribution in [-0.4, -0.2) is 28.7 Å². The van der Waals surface area contributed by atoms with Crippen LogP contribution in [0.15, 0.2) is 42.7 Å². The van der Waals surface area contributed by atoms with E-state index in [9.17, 15) is 4.79 Å². The van der Waals surface area contributed by atoms with Gasteiger partial charge in [0.15, 0.2) is 11.5 Å². The largest absolute Gasteiger partial charge is 0.486 e. The molecule has 5 rings (SSSR count). The number of aryl methyl sites for hydroxylation is 1. The van der Waals surface area contributed by atoms with Crippen LogP contribution in [0.3, 0.4) is 0 Å². The predicted molar refractivity (Wildman–Crippen MR) is 101 cm³/mol. The van der Waals surface area contributed by atoms with E-state index in [1.165, 1.54) is 11.1 Å². The number of hydrogen-bond acceptors (Lipinski definition) is 4. The maximum absolute atomic E-state index is 12.7. The summed E-state index contributed by atoms with van der Waals surface area (Å²) in [6.07, 6.45) is 4.86. The van der Waals surface area contributed by atoms with Crippen LogP contribution in [0.2, 0.25) is 0 Å². The third-order valence-corrected chi connectivity index (χ3v) is 5.30. The predicted octanol–water partition coefficient (Wildman–Crippen LogP) is 3.00. The zero-order valence-electron chi connectivity index (χ0n) is 15.0. The molecule has 1 amide bonds. The summed E-state index contributed by atoms with van der Waals surface area (Å²) in [4.78, 5) is 17.1. The van der Waals surface area contributed by atoms with Crippen molar-refractivity contribution in [3.63, 3.8) is 0 Å². The Hall–Kier alpha value is -3.02. The molecule has 1 aliphatic heterocycles. The maximum atomic E-state index is 12.7. The molecule has 2 heterocycles. The van der Waals surface area contributed by atoms with Gasteiger partial charge in [0.2, 0.25) is 5.91 Å². The minimum Gasteiger partial charge on any atom is -0.486 e. The van der Waals surface area contributed by atoms with Crippen LogP contribution >= 0.6 is 0 Å². The normalized spacial score (nSPS) is 18.1. The zero-order chi connectivity index (χ0) is 18.2. The van der Waals surface area contributed by atoms with E-state index in [1.807, 2.05) is 22.8 Å². The van der Waals surface area contributed by atoms with E-state index in [4.69, 9.17) is 9.47 Å². The third kappa shape index (κ3) is 3.01. The van der Waals surface area contributed by atoms with Gasteiger partial charge in [-0.1, -0.05) is 24.3 Å². The lowest BCUT2D eigenvalue weighted by atomic mass is 9.88. The SMILES string of the molecule is O=C(Cn1cnc2cc3c(cc21)OCCO3)N[C@@H]1CCCc2ccccc21. The summed E-state index contributed by atoms with van der Waals surface area (Å²) < 4.78 is 13.1. The van der Waals surface area contributed by atoms with E-state index >= 15 is 0 Å². The van der Waals surface area contributed by atoms with Crippen molar-refractivity contribution < 1.29 is 14.3 Å². The molecule has 1 aliphatic carbocycles. The van der Waals surface area contributed by atoms with Gasteiger partial charge in [0, 0.05) is 12.1 Å². The molecular formula is C21H21N3O3. The Labute approximate surface area is 157 Å². The summed E-state index contributed by atoms with van der Waals surface area (Å²) in [5, 5.41) is 3.20. The van der Waals surface area contributed by atoms with Crippen LogP contribution in [0.4, 0.5) is 0 Å². The van der Waals surface area contributed by atoms with Gasteiger partial charge in [-0.15, -0.1) is 0 Å². The van der Waals surface area contributed by atoms with Gasteiger partial charge in [-0.05, 0) is 30.4 Å². The van der Waals surface area contributed by atoms with Gasteiger partial charge < -0.3 is 19.4 Å². The van der Waals surface area contributed by atoms with Crippen molar-refractivity contribution in [1.82, 2.24) is 14.9 Å². The molecule has 6 heteroatoms. The smallest absolute Gasteiger partial charge is 0.240 e. The second-order valence-electron chi connectivity index (χ2n) is 7.07. The number of ether oxygens (including phenoxy) is 2. The van der Waals surface area contributed by atoms with Crippen molar-refractivity contribution in [2.24, 2.45) is 0 Å². The first-order valence-corrected chi connectivity index (χ1v) is 9.39. The molecule has 3 aromatic rings. The highest BCUT2D eigenvalue weighted by Gasteiger charge is 2.22. The van der Waals surface area contributed by atoms with Crippen LogP contribution in [-0.2, 0) is 17.8 Å². The Kier molecular flexibility index (Phi) is 3.96. The molecule has 1 N–H and O–H groups in total. The first-order valence-electron chi connectivity index (χ1n) is 9.39. The molecule has 2 aromatic carbocycles. The number of amides is 1. The highest BCUT2D eigenvalue weighted by molar-refractivity contribution is 5.83. The Morgan fingerprint density at radius 3 is 2.89 bits per heavy atom. The molecule has 138 valence electrons. The molecule has 2 aliphatic rings. The molecule has 0 saturated heterocycles. The maximum Gasteiger partial charge on any atom is 0.240 e. The highest BCUT2D eigenvalue weighted by Crippen LogP contribution is 2.34. The second-order valence-corrected chi connectivity index (χ2v) is 7.07. The van der Waals surface area contributed by atoms with Crippen molar-refractivity contribution in [3.8, 4) is 11.5 Å². The summed E-state index contributed by atoms with van der Waals surface area (Å²) in [6.45, 7) is 1.31. The summed E-state index contributed by atoms with van der Waals surface area (Å²) in [5.41, 5.74) is 4.26. The van der Waals surface area contributed by atoms with Crippen LogP contribution in [0.1, 0.15) is 30.0 Å². The van der Waals surface area contributed by atoms with Crippen molar-refractivity contribution >= 4 is 16.9 Å². The summed E-state index contributed by atoms with van der Waals surface area (Å²) in [6, 6.07) is 12.2. The van der Waals surface area contributed by atoms with Gasteiger partial charge in [0.05, 0.1) is 23.4 Å². The van der Waals surface area contributed by atoms with Crippen molar-refractivity contribution in [3.05, 3.63) is 53.9 Å². The van der Waals surface area contributed by atoms with Crippen LogP contribution < -0.4 is 14.8 Å². The number of carbonyl (C=O) groups excluding carboxylic acids is 1. The number of nitrogens with zero attached hydrogens (tertiary/aromatic N) is 2. The Morgan fingerprint density at radius 1 is 1.19 bits per heavy atom. The van der Waals surface area contributed by atoms with E-state index in [0.717, 1.165) is 30.3 Å². The number of rotatable bonds is 3. The van der Waals surface area contributed by atoms with E-state index in [1.54, 1.807) is 6.33 Å². The molecule has 27 heavy (non-hydrogen) atoms. The Morgan fingerprint density at radius 2 is 2.00 bits per heavy atom. The third-order valence-electron chi connectivity index (χ3n) is 5.30. The molecule has 1 atom stereocenters. The lowest BCUT2D eigenvalue weighted by molar-refractivity contribution is -0.122. The van der Waals surface area contributed by atoms with Crippen molar-refractivity contribution in [2.45, 2.75) is 31.8 Å². The van der Waals surface area contributed by atoms with Gasteiger partial charge in [0.1, 0.15) is 19.8 Å². The Bertz CT molecular complexity index is 1010. The monoisotopic (exact) mass is 363 g/mol. The standard InChI is InChI=1S/C21H21N3O3/c25-21(23-16-7-3-5-14-4-1-2-6-15(14)16)12-24-13-22-17-10-19-20(11-18(17)24)27-9-8-26-19/h1-2,4,6,10-11,13,16H,3,5,7-9,12H2,(H,23,25)/t16-/m1/s1. The first-order chi connectivity index (χ1) is 13.3. The number of nitrogens with one attached hydrogen (secondary N) is 1. The number of hydrogen-bond donors (Lipinski definition) is 1. The number of aromatic nitrogens is 2. The van der Waals surface area contributed by atoms with E-state index in [2.05, 4.69) is 28.5 Å². The molecule has 0 bridgehead atoms. The molecular weight excluding hydrogens is 342 g/mol. The van der Waals surface area contributed by atoms with E-state index < -0.39 is 0 Å². The molecule has 6 nitrogen and oxygen atoms in total. The molecule has 0 saturated carbocycles. The number of imidazole rings is 1. The highest BCUT2D eigenvalue weighted by atomic mass is 16.6. The van der Waals surface area contributed by atoms with Crippen LogP contribution in [0.5, 0.6) is 11.5 Å². The lowest BCUT2D eigenvalue weighted by Gasteiger charge is -2.26. The van der Waals surface area contributed by atoms with Gasteiger partial charge in [0.25, 0.3) is 0 Å².